The Kier molecular flexibility index (Phi) is 5.43. The average Bonchev–Trinajstić information content (AvgIpc) is 2.90. The third-order valence-electron chi connectivity index (χ3n) is 3.07. The highest BCUT2D eigenvalue weighted by Crippen LogP contribution is 2.19. The highest BCUT2D eigenvalue weighted by molar-refractivity contribution is 7.99. The molecule has 0 aliphatic carbocycles. The van der Waals surface area contributed by atoms with Crippen LogP contribution in [0.5, 0.6) is 5.75 Å². The third-order valence-corrected chi connectivity index (χ3v) is 4.04. The highest BCUT2D eigenvalue weighted by Gasteiger charge is 2.09. The van der Waals surface area contributed by atoms with Gasteiger partial charge in [0.2, 0.25) is 0 Å². The van der Waals surface area contributed by atoms with Crippen LogP contribution in [0.2, 0.25) is 0 Å². The highest BCUT2D eigenvalue weighted by atomic mass is 32.2. The Bertz CT molecular complexity index is 539. The zero-order chi connectivity index (χ0) is 14.4. The average molecular weight is 292 g/mol. The zero-order valence-electron chi connectivity index (χ0n) is 11.9. The van der Waals surface area contributed by atoms with Gasteiger partial charge in [0.25, 0.3) is 0 Å². The monoisotopic (exact) mass is 292 g/mol. The number of ether oxygens (including phenoxy) is 1. The lowest BCUT2D eigenvalue weighted by Crippen LogP contribution is -2.08. The number of rotatable bonds is 7. The smallest absolute Gasteiger partial charge is 0.191 e. The van der Waals surface area contributed by atoms with Crippen molar-refractivity contribution in [2.45, 2.75) is 31.6 Å². The van der Waals surface area contributed by atoms with Crippen LogP contribution < -0.4 is 10.5 Å². The van der Waals surface area contributed by atoms with Gasteiger partial charge in [-0.15, -0.1) is 10.2 Å². The molecular weight excluding hydrogens is 272 g/mol. The molecular formula is C14H20N4OS. The third kappa shape index (κ3) is 3.52. The molecule has 0 bridgehead atoms. The lowest BCUT2D eigenvalue weighted by atomic mass is 10.2. The standard InChI is InChI=1S/C14H20N4OS/c1-3-18-13(10-15)16-17-14(18)20-9-8-11-4-6-12(19-2)7-5-11/h4-7H,3,8-10,15H2,1-2H3. The van der Waals surface area contributed by atoms with Gasteiger partial charge >= 0.3 is 0 Å². The van der Waals surface area contributed by atoms with Gasteiger partial charge in [0.05, 0.1) is 13.7 Å². The van der Waals surface area contributed by atoms with Gasteiger partial charge in [-0.2, -0.15) is 0 Å². The molecule has 20 heavy (non-hydrogen) atoms. The molecule has 108 valence electrons. The van der Waals surface area contributed by atoms with Gasteiger partial charge in [-0.1, -0.05) is 23.9 Å². The molecule has 1 aromatic carbocycles. The van der Waals surface area contributed by atoms with Gasteiger partial charge in [0.15, 0.2) is 5.16 Å². The minimum Gasteiger partial charge on any atom is -0.497 e. The van der Waals surface area contributed by atoms with E-state index in [0.29, 0.717) is 6.54 Å². The lowest BCUT2D eigenvalue weighted by molar-refractivity contribution is 0.414. The van der Waals surface area contributed by atoms with Crippen molar-refractivity contribution < 1.29 is 4.74 Å². The number of benzene rings is 1. The molecule has 2 rings (SSSR count). The zero-order valence-corrected chi connectivity index (χ0v) is 12.7. The fourth-order valence-electron chi connectivity index (χ4n) is 1.95. The van der Waals surface area contributed by atoms with Gasteiger partial charge in [0.1, 0.15) is 11.6 Å². The molecule has 1 aromatic heterocycles. The predicted molar refractivity (Wildman–Crippen MR) is 81.0 cm³/mol. The minimum absolute atomic E-state index is 0.430. The van der Waals surface area contributed by atoms with E-state index in [9.17, 15) is 0 Å². The van der Waals surface area contributed by atoms with Gasteiger partial charge < -0.3 is 15.0 Å². The molecule has 0 amide bonds. The van der Waals surface area contributed by atoms with Crippen molar-refractivity contribution >= 4 is 11.8 Å². The summed E-state index contributed by atoms with van der Waals surface area (Å²) in [5, 5.41) is 9.24. The van der Waals surface area contributed by atoms with E-state index >= 15 is 0 Å². The Morgan fingerprint density at radius 2 is 2.00 bits per heavy atom. The summed E-state index contributed by atoms with van der Waals surface area (Å²) >= 11 is 1.72. The number of aromatic nitrogens is 3. The largest absolute Gasteiger partial charge is 0.497 e. The van der Waals surface area contributed by atoms with E-state index in [2.05, 4.69) is 33.8 Å². The molecule has 0 aliphatic heterocycles. The molecule has 0 spiro atoms. The molecule has 6 heteroatoms. The topological polar surface area (TPSA) is 66.0 Å². The van der Waals surface area contributed by atoms with Gasteiger partial charge in [-0.05, 0) is 31.0 Å². The number of nitrogens with zero attached hydrogens (tertiary/aromatic N) is 3. The SMILES string of the molecule is CCn1c(CN)nnc1SCCc1ccc(OC)cc1. The summed E-state index contributed by atoms with van der Waals surface area (Å²) in [6.07, 6.45) is 0.989. The number of aryl methyl sites for hydroxylation is 1. The van der Waals surface area contributed by atoms with Crippen LogP contribution in [0.3, 0.4) is 0 Å². The Hall–Kier alpha value is -1.53. The van der Waals surface area contributed by atoms with Gasteiger partial charge in [-0.3, -0.25) is 0 Å². The maximum absolute atomic E-state index is 5.64. The number of hydrogen-bond acceptors (Lipinski definition) is 5. The van der Waals surface area contributed by atoms with Crippen molar-refractivity contribution in [3.63, 3.8) is 0 Å². The van der Waals surface area contributed by atoms with Crippen LogP contribution in [0.4, 0.5) is 0 Å². The summed E-state index contributed by atoms with van der Waals surface area (Å²) in [5.41, 5.74) is 6.93. The summed E-state index contributed by atoms with van der Waals surface area (Å²) in [6, 6.07) is 8.16. The first kappa shape index (κ1) is 14.9. The first-order valence-electron chi connectivity index (χ1n) is 6.66. The Labute approximate surface area is 123 Å². The maximum Gasteiger partial charge on any atom is 0.191 e. The van der Waals surface area contributed by atoms with Crippen LogP contribution in [0.15, 0.2) is 29.4 Å². The fraction of sp³-hybridized carbons (Fsp3) is 0.429. The summed E-state index contributed by atoms with van der Waals surface area (Å²) in [4.78, 5) is 0. The summed E-state index contributed by atoms with van der Waals surface area (Å²) in [7, 11) is 1.68. The van der Waals surface area contributed by atoms with E-state index in [1.165, 1.54) is 5.56 Å². The predicted octanol–water partition coefficient (Wildman–Crippen LogP) is 2.10. The molecule has 5 nitrogen and oxygen atoms in total. The molecule has 0 aliphatic rings. The van der Waals surface area contributed by atoms with Crippen molar-refractivity contribution in [3.05, 3.63) is 35.7 Å². The van der Waals surface area contributed by atoms with Crippen LogP contribution in [0.1, 0.15) is 18.3 Å². The number of methoxy groups -OCH3 is 1. The van der Waals surface area contributed by atoms with Gasteiger partial charge in [0, 0.05) is 12.3 Å². The number of thioether (sulfide) groups is 1. The second-order valence-corrected chi connectivity index (χ2v) is 5.36. The van der Waals surface area contributed by atoms with E-state index in [1.54, 1.807) is 18.9 Å². The Morgan fingerprint density at radius 1 is 1.25 bits per heavy atom. The normalized spacial score (nSPS) is 10.8. The summed E-state index contributed by atoms with van der Waals surface area (Å²) < 4.78 is 7.22. The van der Waals surface area contributed by atoms with E-state index < -0.39 is 0 Å². The Morgan fingerprint density at radius 3 is 2.60 bits per heavy atom. The van der Waals surface area contributed by atoms with Crippen LogP contribution >= 0.6 is 11.8 Å². The molecule has 1 heterocycles. The van der Waals surface area contributed by atoms with Crippen molar-refractivity contribution in [2.75, 3.05) is 12.9 Å². The van der Waals surface area contributed by atoms with E-state index in [4.69, 9.17) is 10.5 Å². The van der Waals surface area contributed by atoms with Crippen LogP contribution in [-0.2, 0) is 19.5 Å². The second-order valence-electron chi connectivity index (χ2n) is 4.29. The quantitative estimate of drug-likeness (QED) is 0.792. The second kappa shape index (κ2) is 7.31. The van der Waals surface area contributed by atoms with Crippen LogP contribution in [0, 0.1) is 0 Å². The Balaban J connectivity index is 1.90. The number of hydrogen-bond donors (Lipinski definition) is 1. The van der Waals surface area contributed by atoms with E-state index in [-0.39, 0.29) is 0 Å². The lowest BCUT2D eigenvalue weighted by Gasteiger charge is -2.06. The molecule has 2 aromatic rings. The van der Waals surface area contributed by atoms with Crippen molar-refractivity contribution in [3.8, 4) is 5.75 Å². The fourth-order valence-corrected chi connectivity index (χ4v) is 2.96. The van der Waals surface area contributed by atoms with E-state index in [1.807, 2.05) is 12.1 Å². The number of nitrogens with two attached hydrogens (primary N) is 1. The molecule has 0 saturated carbocycles. The molecule has 0 unspecified atom stereocenters. The first-order chi connectivity index (χ1) is 9.78. The van der Waals surface area contributed by atoms with E-state index in [0.717, 1.165) is 35.4 Å². The summed E-state index contributed by atoms with van der Waals surface area (Å²) in [6.45, 7) is 3.36. The molecule has 2 N–H and O–H groups in total. The van der Waals surface area contributed by atoms with Crippen molar-refractivity contribution in [1.82, 2.24) is 14.8 Å². The minimum atomic E-state index is 0.430. The molecule has 0 saturated heterocycles. The molecule has 0 fully saturated rings. The molecule has 0 radical (unpaired) electrons. The molecule has 0 atom stereocenters. The van der Waals surface area contributed by atoms with Gasteiger partial charge in [-0.25, -0.2) is 0 Å². The van der Waals surface area contributed by atoms with Crippen LogP contribution in [0.25, 0.3) is 0 Å². The summed E-state index contributed by atoms with van der Waals surface area (Å²) in [5.74, 6) is 2.70. The van der Waals surface area contributed by atoms with Crippen molar-refractivity contribution in [2.24, 2.45) is 5.73 Å². The van der Waals surface area contributed by atoms with Crippen LogP contribution in [-0.4, -0.2) is 27.6 Å². The first-order valence-corrected chi connectivity index (χ1v) is 7.65. The van der Waals surface area contributed by atoms with Crippen molar-refractivity contribution in [1.29, 1.82) is 0 Å². The maximum atomic E-state index is 5.64.